The predicted molar refractivity (Wildman–Crippen MR) is 80.9 cm³/mol. The molecule has 3 aromatic rings. The number of nitrogens with zero attached hydrogens (tertiary/aromatic N) is 4. The maximum Gasteiger partial charge on any atom is 0.420 e. The van der Waals surface area contributed by atoms with E-state index in [1.165, 1.54) is 17.9 Å². The smallest absolute Gasteiger partial charge is 0.345 e. The van der Waals surface area contributed by atoms with Gasteiger partial charge in [-0.25, -0.2) is 0 Å². The highest BCUT2D eigenvalue weighted by Crippen LogP contribution is 2.33. The molecule has 0 atom stereocenters. The summed E-state index contributed by atoms with van der Waals surface area (Å²) in [6.07, 6.45) is -3.24. The van der Waals surface area contributed by atoms with Crippen LogP contribution in [0.2, 0.25) is 0 Å². The Kier molecular flexibility index (Phi) is 4.26. The monoisotopic (exact) mass is 350 g/mol. The van der Waals surface area contributed by atoms with Crippen molar-refractivity contribution < 1.29 is 18.0 Å². The number of benzene rings is 1. The SMILES string of the molecule is Cc1[nH]nc(C(=O)NCc2cnn(-c3ccccc3)n2)c1C(F)(F)F. The molecular weight excluding hydrogens is 337 g/mol. The molecule has 0 aliphatic carbocycles. The number of halogens is 3. The van der Waals surface area contributed by atoms with Crippen molar-refractivity contribution in [1.82, 2.24) is 30.5 Å². The molecule has 0 radical (unpaired) electrons. The largest absolute Gasteiger partial charge is 0.420 e. The average Bonchev–Trinajstić information content (AvgIpc) is 3.19. The number of rotatable bonds is 4. The second kappa shape index (κ2) is 6.38. The molecule has 0 aliphatic rings. The number of aryl methyl sites for hydroxylation is 1. The van der Waals surface area contributed by atoms with E-state index in [-0.39, 0.29) is 12.2 Å². The first-order chi connectivity index (χ1) is 11.9. The number of aromatic amines is 1. The Balaban J connectivity index is 1.71. The Bertz CT molecular complexity index is 884. The van der Waals surface area contributed by atoms with Gasteiger partial charge in [-0.05, 0) is 19.1 Å². The standard InChI is InChI=1S/C15H13F3N6O/c1-9-12(15(16,17)18)13(22-21-9)14(25)19-7-10-8-20-24(23-10)11-5-3-2-4-6-11/h2-6,8H,7H2,1H3,(H,19,25)(H,21,22). The normalized spacial score (nSPS) is 11.5. The summed E-state index contributed by atoms with van der Waals surface area (Å²) in [5.41, 5.74) is -0.855. The molecule has 2 aromatic heterocycles. The van der Waals surface area contributed by atoms with E-state index in [1.807, 2.05) is 18.2 Å². The summed E-state index contributed by atoms with van der Waals surface area (Å²) in [6, 6.07) is 9.07. The van der Waals surface area contributed by atoms with Gasteiger partial charge in [0.15, 0.2) is 5.69 Å². The van der Waals surface area contributed by atoms with Gasteiger partial charge in [-0.2, -0.15) is 33.3 Å². The van der Waals surface area contributed by atoms with Crippen LogP contribution >= 0.6 is 0 Å². The maximum atomic E-state index is 13.0. The van der Waals surface area contributed by atoms with E-state index in [0.717, 1.165) is 5.69 Å². The number of carbonyl (C=O) groups excluding carboxylic acids is 1. The van der Waals surface area contributed by atoms with Gasteiger partial charge in [0.1, 0.15) is 11.3 Å². The zero-order valence-electron chi connectivity index (χ0n) is 13.0. The second-order valence-electron chi connectivity index (χ2n) is 5.21. The molecule has 0 fully saturated rings. The molecule has 1 amide bonds. The van der Waals surface area contributed by atoms with Gasteiger partial charge in [-0.3, -0.25) is 9.89 Å². The summed E-state index contributed by atoms with van der Waals surface area (Å²) in [5.74, 6) is -0.939. The molecule has 0 saturated carbocycles. The fourth-order valence-electron chi connectivity index (χ4n) is 2.26. The van der Waals surface area contributed by atoms with Gasteiger partial charge in [0.05, 0.1) is 18.4 Å². The summed E-state index contributed by atoms with van der Waals surface area (Å²) in [4.78, 5) is 13.4. The highest BCUT2D eigenvalue weighted by Gasteiger charge is 2.39. The molecule has 7 nitrogen and oxygen atoms in total. The van der Waals surface area contributed by atoms with E-state index in [0.29, 0.717) is 5.69 Å². The molecule has 0 bridgehead atoms. The lowest BCUT2D eigenvalue weighted by Gasteiger charge is -2.07. The number of alkyl halides is 3. The number of carbonyl (C=O) groups is 1. The zero-order valence-corrected chi connectivity index (χ0v) is 13.0. The Morgan fingerprint density at radius 1 is 1.28 bits per heavy atom. The van der Waals surface area contributed by atoms with Crippen LogP contribution < -0.4 is 5.32 Å². The summed E-state index contributed by atoms with van der Waals surface area (Å²) < 4.78 is 39.0. The van der Waals surface area contributed by atoms with Crippen molar-refractivity contribution in [1.29, 1.82) is 0 Å². The van der Waals surface area contributed by atoms with Gasteiger partial charge in [0.2, 0.25) is 0 Å². The first-order valence-corrected chi connectivity index (χ1v) is 7.23. The molecule has 130 valence electrons. The lowest BCUT2D eigenvalue weighted by molar-refractivity contribution is -0.138. The van der Waals surface area contributed by atoms with Crippen molar-refractivity contribution in [3.63, 3.8) is 0 Å². The maximum absolute atomic E-state index is 13.0. The minimum absolute atomic E-state index is 0.0745. The minimum atomic E-state index is -4.67. The highest BCUT2D eigenvalue weighted by molar-refractivity contribution is 5.94. The third-order valence-corrected chi connectivity index (χ3v) is 3.40. The van der Waals surface area contributed by atoms with Crippen LogP contribution in [0.1, 0.15) is 27.4 Å². The van der Waals surface area contributed by atoms with Gasteiger partial charge < -0.3 is 5.32 Å². The third-order valence-electron chi connectivity index (χ3n) is 3.40. The number of hydrogen-bond acceptors (Lipinski definition) is 4. The van der Waals surface area contributed by atoms with Gasteiger partial charge >= 0.3 is 6.18 Å². The fraction of sp³-hybridized carbons (Fsp3) is 0.200. The van der Waals surface area contributed by atoms with Crippen LogP contribution in [0.5, 0.6) is 0 Å². The Morgan fingerprint density at radius 2 is 2.00 bits per heavy atom. The van der Waals surface area contributed by atoms with Crippen molar-refractivity contribution in [3.8, 4) is 5.69 Å². The minimum Gasteiger partial charge on any atom is -0.345 e. The lowest BCUT2D eigenvalue weighted by atomic mass is 10.1. The molecular formula is C15H13F3N6O. The predicted octanol–water partition coefficient (Wildman–Crippen LogP) is 2.25. The summed E-state index contributed by atoms with van der Waals surface area (Å²) in [7, 11) is 0. The van der Waals surface area contributed by atoms with E-state index >= 15 is 0 Å². The van der Waals surface area contributed by atoms with Crippen molar-refractivity contribution >= 4 is 5.91 Å². The number of para-hydroxylation sites is 1. The Morgan fingerprint density at radius 3 is 2.68 bits per heavy atom. The van der Waals surface area contributed by atoms with Crippen molar-refractivity contribution in [2.75, 3.05) is 0 Å². The third kappa shape index (κ3) is 3.52. The molecule has 0 saturated heterocycles. The van der Waals surface area contributed by atoms with Gasteiger partial charge in [-0.1, -0.05) is 18.2 Å². The number of nitrogens with one attached hydrogen (secondary N) is 2. The molecule has 3 rings (SSSR count). The molecule has 0 aliphatic heterocycles. The van der Waals surface area contributed by atoms with Crippen LogP contribution in [-0.2, 0) is 12.7 Å². The van der Waals surface area contributed by atoms with Gasteiger partial charge in [0, 0.05) is 5.69 Å². The lowest BCUT2D eigenvalue weighted by Crippen LogP contribution is -2.26. The molecule has 0 spiro atoms. The van der Waals surface area contributed by atoms with Crippen molar-refractivity contribution in [3.05, 3.63) is 59.2 Å². The van der Waals surface area contributed by atoms with Crippen LogP contribution in [0.15, 0.2) is 36.5 Å². The Labute approximate surface area is 139 Å². The Hall–Kier alpha value is -3.17. The summed E-state index contributed by atoms with van der Waals surface area (Å²) in [5, 5.41) is 16.2. The van der Waals surface area contributed by atoms with Crippen molar-refractivity contribution in [2.45, 2.75) is 19.6 Å². The summed E-state index contributed by atoms with van der Waals surface area (Å²) >= 11 is 0. The zero-order chi connectivity index (χ0) is 18.0. The number of amides is 1. The summed E-state index contributed by atoms with van der Waals surface area (Å²) in [6.45, 7) is 1.13. The number of H-pyrrole nitrogens is 1. The van der Waals surface area contributed by atoms with Gasteiger partial charge in [0.25, 0.3) is 5.91 Å². The van der Waals surface area contributed by atoms with Gasteiger partial charge in [-0.15, -0.1) is 0 Å². The van der Waals surface area contributed by atoms with Crippen molar-refractivity contribution in [2.24, 2.45) is 0 Å². The van der Waals surface area contributed by atoms with E-state index in [4.69, 9.17) is 0 Å². The number of hydrogen-bond donors (Lipinski definition) is 2. The van der Waals surface area contributed by atoms with Crippen LogP contribution in [0.4, 0.5) is 13.2 Å². The first kappa shape index (κ1) is 16.7. The van der Waals surface area contributed by atoms with E-state index in [2.05, 4.69) is 25.7 Å². The molecule has 10 heteroatoms. The molecule has 2 heterocycles. The number of aromatic nitrogens is 5. The second-order valence-corrected chi connectivity index (χ2v) is 5.21. The molecule has 0 unspecified atom stereocenters. The fourth-order valence-corrected chi connectivity index (χ4v) is 2.26. The van der Waals surface area contributed by atoms with Crippen LogP contribution in [0, 0.1) is 6.92 Å². The average molecular weight is 350 g/mol. The van der Waals surface area contributed by atoms with Crippen LogP contribution in [-0.4, -0.2) is 31.1 Å². The molecule has 1 aromatic carbocycles. The highest BCUT2D eigenvalue weighted by atomic mass is 19.4. The van der Waals surface area contributed by atoms with Crippen LogP contribution in [0.25, 0.3) is 5.69 Å². The van der Waals surface area contributed by atoms with E-state index in [1.54, 1.807) is 12.1 Å². The molecule has 25 heavy (non-hydrogen) atoms. The van der Waals surface area contributed by atoms with E-state index < -0.39 is 23.3 Å². The topological polar surface area (TPSA) is 88.5 Å². The van der Waals surface area contributed by atoms with Crippen LogP contribution in [0.3, 0.4) is 0 Å². The molecule has 2 N–H and O–H groups in total. The quantitative estimate of drug-likeness (QED) is 0.755. The van der Waals surface area contributed by atoms with E-state index in [9.17, 15) is 18.0 Å². The first-order valence-electron chi connectivity index (χ1n) is 7.23.